The van der Waals surface area contributed by atoms with E-state index in [0.717, 1.165) is 39.0 Å². The van der Waals surface area contributed by atoms with E-state index in [0.29, 0.717) is 37.8 Å². The molecule has 0 bridgehead atoms. The van der Waals surface area contributed by atoms with Gasteiger partial charge in [-0.25, -0.2) is 9.97 Å². The Kier molecular flexibility index (Phi) is 4.84. The largest absolute Gasteiger partial charge is 0.378 e. The number of nitrogens with one attached hydrogen (secondary N) is 1. The maximum atomic E-state index is 13.1. The van der Waals surface area contributed by atoms with E-state index in [9.17, 15) is 4.79 Å². The lowest BCUT2D eigenvalue weighted by Crippen LogP contribution is -2.48. The molecular weight excluding hydrogens is 406 g/mol. The molecule has 0 aliphatic carbocycles. The van der Waals surface area contributed by atoms with Gasteiger partial charge in [-0.1, -0.05) is 18.2 Å². The molecule has 3 aliphatic heterocycles. The van der Waals surface area contributed by atoms with E-state index in [2.05, 4.69) is 44.1 Å². The Morgan fingerprint density at radius 3 is 2.53 bits per heavy atom. The smallest absolute Gasteiger partial charge is 0.256 e. The molecule has 6 rings (SSSR count). The van der Waals surface area contributed by atoms with Crippen molar-refractivity contribution in [2.24, 2.45) is 0 Å². The van der Waals surface area contributed by atoms with E-state index in [4.69, 9.17) is 9.47 Å². The Bertz CT molecular complexity index is 1130. The van der Waals surface area contributed by atoms with E-state index in [1.807, 2.05) is 4.90 Å². The molecule has 32 heavy (non-hydrogen) atoms. The molecule has 3 aromatic rings. The minimum atomic E-state index is -0.333. The highest BCUT2D eigenvalue weighted by atomic mass is 16.5. The standard InChI is InChI=1S/C24H27N5O3/c30-22(17-15-25-23(26-16-17)29-10-13-31-14-11-29)28-8-6-24(7-9-28)21-19(5-12-32-24)18-3-1-2-4-20(18)27-21/h1-4,15-16,27H,5-14H2. The van der Waals surface area contributed by atoms with Gasteiger partial charge in [-0.2, -0.15) is 0 Å². The first-order valence-corrected chi connectivity index (χ1v) is 11.4. The Hall–Kier alpha value is -2.97. The van der Waals surface area contributed by atoms with Crippen LogP contribution in [0.25, 0.3) is 10.9 Å². The lowest BCUT2D eigenvalue weighted by molar-refractivity contribution is -0.0957. The SMILES string of the molecule is O=C(c1cnc(N2CCOCC2)nc1)N1CCC2(CC1)OCCc1c2[nH]c2ccccc12. The predicted molar refractivity (Wildman–Crippen MR) is 120 cm³/mol. The quantitative estimate of drug-likeness (QED) is 0.669. The number of hydrogen-bond donors (Lipinski definition) is 1. The fraction of sp³-hybridized carbons (Fsp3) is 0.458. The maximum Gasteiger partial charge on any atom is 0.256 e. The van der Waals surface area contributed by atoms with Crippen molar-refractivity contribution in [3.63, 3.8) is 0 Å². The van der Waals surface area contributed by atoms with Crippen molar-refractivity contribution in [3.8, 4) is 0 Å². The van der Waals surface area contributed by atoms with Crippen molar-refractivity contribution in [1.82, 2.24) is 19.9 Å². The van der Waals surface area contributed by atoms with E-state index in [-0.39, 0.29) is 11.5 Å². The molecule has 8 nitrogen and oxygen atoms in total. The van der Waals surface area contributed by atoms with Gasteiger partial charge in [0, 0.05) is 49.5 Å². The zero-order chi connectivity index (χ0) is 21.5. The van der Waals surface area contributed by atoms with Crippen LogP contribution in [0.5, 0.6) is 0 Å². The van der Waals surface area contributed by atoms with Crippen molar-refractivity contribution >= 4 is 22.8 Å². The number of para-hydroxylation sites is 1. The first-order valence-electron chi connectivity index (χ1n) is 11.4. The van der Waals surface area contributed by atoms with E-state index in [1.54, 1.807) is 12.4 Å². The van der Waals surface area contributed by atoms with Crippen molar-refractivity contribution in [2.75, 3.05) is 50.9 Å². The molecule has 1 spiro atoms. The number of rotatable bonds is 2. The van der Waals surface area contributed by atoms with Gasteiger partial charge in [-0.3, -0.25) is 4.79 Å². The third-order valence-electron chi connectivity index (χ3n) is 7.04. The second kappa shape index (κ2) is 7.86. The molecule has 5 heterocycles. The molecule has 3 aliphatic rings. The molecule has 1 aromatic carbocycles. The summed E-state index contributed by atoms with van der Waals surface area (Å²) in [5.41, 5.74) is 3.95. The number of ether oxygens (including phenoxy) is 2. The lowest BCUT2D eigenvalue weighted by atomic mass is 9.83. The number of aromatic amines is 1. The van der Waals surface area contributed by atoms with Gasteiger partial charge < -0.3 is 24.3 Å². The van der Waals surface area contributed by atoms with Crippen LogP contribution in [-0.2, 0) is 21.5 Å². The fourth-order valence-corrected chi connectivity index (χ4v) is 5.28. The number of amides is 1. The van der Waals surface area contributed by atoms with Gasteiger partial charge in [0.05, 0.1) is 31.1 Å². The second-order valence-electron chi connectivity index (χ2n) is 8.78. The number of hydrogen-bond acceptors (Lipinski definition) is 6. The van der Waals surface area contributed by atoms with Crippen LogP contribution in [0.15, 0.2) is 36.7 Å². The fourth-order valence-electron chi connectivity index (χ4n) is 5.28. The third-order valence-corrected chi connectivity index (χ3v) is 7.04. The van der Waals surface area contributed by atoms with Crippen molar-refractivity contribution in [3.05, 3.63) is 53.5 Å². The summed E-state index contributed by atoms with van der Waals surface area (Å²) in [7, 11) is 0. The molecule has 2 fully saturated rings. The highest BCUT2D eigenvalue weighted by Crippen LogP contribution is 2.43. The minimum absolute atomic E-state index is 0.0129. The van der Waals surface area contributed by atoms with Crippen molar-refractivity contribution in [1.29, 1.82) is 0 Å². The minimum Gasteiger partial charge on any atom is -0.378 e. The topological polar surface area (TPSA) is 83.6 Å². The van der Waals surface area contributed by atoms with Gasteiger partial charge >= 0.3 is 0 Å². The average molecular weight is 434 g/mol. The maximum absolute atomic E-state index is 13.1. The highest BCUT2D eigenvalue weighted by molar-refractivity contribution is 5.93. The Morgan fingerprint density at radius 1 is 1.00 bits per heavy atom. The van der Waals surface area contributed by atoms with Crippen molar-refractivity contribution in [2.45, 2.75) is 24.9 Å². The molecule has 166 valence electrons. The molecule has 0 radical (unpaired) electrons. The first-order chi connectivity index (χ1) is 15.7. The molecule has 0 atom stereocenters. The number of likely N-dealkylation sites (tertiary alicyclic amines) is 1. The number of aromatic nitrogens is 3. The van der Waals surface area contributed by atoms with Crippen LogP contribution >= 0.6 is 0 Å². The summed E-state index contributed by atoms with van der Waals surface area (Å²) in [6.45, 7) is 4.94. The zero-order valence-corrected chi connectivity index (χ0v) is 18.0. The molecule has 2 saturated heterocycles. The van der Waals surface area contributed by atoms with Crippen LogP contribution in [0.3, 0.4) is 0 Å². The van der Waals surface area contributed by atoms with Crippen LogP contribution in [0.2, 0.25) is 0 Å². The lowest BCUT2D eigenvalue weighted by Gasteiger charge is -2.43. The first kappa shape index (κ1) is 19.7. The molecule has 0 unspecified atom stereocenters. The molecule has 2 aromatic heterocycles. The van der Waals surface area contributed by atoms with Gasteiger partial charge in [0.15, 0.2) is 0 Å². The molecule has 1 N–H and O–H groups in total. The summed E-state index contributed by atoms with van der Waals surface area (Å²) in [6.07, 6.45) is 5.79. The van der Waals surface area contributed by atoms with Crippen LogP contribution in [0, 0.1) is 0 Å². The summed E-state index contributed by atoms with van der Waals surface area (Å²) in [5, 5.41) is 1.29. The van der Waals surface area contributed by atoms with Gasteiger partial charge in [-0.15, -0.1) is 0 Å². The van der Waals surface area contributed by atoms with Gasteiger partial charge in [-0.05, 0) is 30.9 Å². The Morgan fingerprint density at radius 2 is 1.75 bits per heavy atom. The summed E-state index contributed by atoms with van der Waals surface area (Å²) in [5.74, 6) is 0.644. The number of fused-ring (bicyclic) bond motifs is 4. The summed E-state index contributed by atoms with van der Waals surface area (Å²) >= 11 is 0. The number of carbonyl (C=O) groups excluding carboxylic acids is 1. The number of anilines is 1. The van der Waals surface area contributed by atoms with Gasteiger partial charge in [0.25, 0.3) is 5.91 Å². The summed E-state index contributed by atoms with van der Waals surface area (Å²) in [4.78, 5) is 29.6. The second-order valence-corrected chi connectivity index (χ2v) is 8.78. The molecular formula is C24H27N5O3. The molecule has 8 heteroatoms. The number of piperidine rings is 1. The van der Waals surface area contributed by atoms with Crippen molar-refractivity contribution < 1.29 is 14.3 Å². The van der Waals surface area contributed by atoms with Gasteiger partial charge in [0.2, 0.25) is 5.95 Å². The number of benzene rings is 1. The number of nitrogens with zero attached hydrogens (tertiary/aromatic N) is 4. The Labute approximate surface area is 186 Å². The van der Waals surface area contributed by atoms with Crippen LogP contribution < -0.4 is 4.90 Å². The third kappa shape index (κ3) is 3.25. The average Bonchev–Trinajstić information content (AvgIpc) is 3.25. The van der Waals surface area contributed by atoms with Gasteiger partial charge in [0.1, 0.15) is 5.60 Å². The van der Waals surface area contributed by atoms with Crippen LogP contribution in [-0.4, -0.2) is 71.8 Å². The van der Waals surface area contributed by atoms with E-state index < -0.39 is 0 Å². The van der Waals surface area contributed by atoms with Crippen LogP contribution in [0.4, 0.5) is 5.95 Å². The summed E-state index contributed by atoms with van der Waals surface area (Å²) in [6, 6.07) is 8.46. The number of morpholine rings is 1. The monoisotopic (exact) mass is 433 g/mol. The predicted octanol–water partition coefficient (Wildman–Crippen LogP) is 2.50. The molecule has 0 saturated carbocycles. The number of carbonyl (C=O) groups is 1. The Balaban J connectivity index is 1.17. The van der Waals surface area contributed by atoms with Crippen LogP contribution in [0.1, 0.15) is 34.5 Å². The normalized spacial score (nSPS) is 20.5. The zero-order valence-electron chi connectivity index (χ0n) is 18.0. The number of H-pyrrole nitrogens is 1. The molecule has 1 amide bonds. The summed E-state index contributed by atoms with van der Waals surface area (Å²) < 4.78 is 11.7. The highest BCUT2D eigenvalue weighted by Gasteiger charge is 2.43. The van der Waals surface area contributed by atoms with E-state index >= 15 is 0 Å². The van der Waals surface area contributed by atoms with E-state index in [1.165, 1.54) is 22.2 Å².